The van der Waals surface area contributed by atoms with Crippen molar-refractivity contribution in [3.8, 4) is 0 Å². The average Bonchev–Trinajstić information content (AvgIpc) is 2.40. The fourth-order valence-electron chi connectivity index (χ4n) is 0.826. The van der Waals surface area contributed by atoms with E-state index < -0.39 is 0 Å². The highest BCUT2D eigenvalue weighted by Crippen LogP contribution is 2.32. The zero-order valence-electron chi connectivity index (χ0n) is 8.14. The molecule has 0 amide bonds. The van der Waals surface area contributed by atoms with Gasteiger partial charge in [0.05, 0.1) is 16.9 Å². The third kappa shape index (κ3) is 4.40. The zero-order valence-corrected chi connectivity index (χ0v) is 12.1. The molecule has 0 spiro atoms. The Morgan fingerprint density at radius 3 is 2.71 bits per heavy atom. The van der Waals surface area contributed by atoms with Gasteiger partial charge in [-0.1, -0.05) is 13.8 Å². The summed E-state index contributed by atoms with van der Waals surface area (Å²) in [6.45, 7) is 5.75. The third-order valence-electron chi connectivity index (χ3n) is 1.46. The number of rotatable bonds is 5. The van der Waals surface area contributed by atoms with Crippen molar-refractivity contribution < 1.29 is 4.84 Å². The number of halogens is 2. The van der Waals surface area contributed by atoms with Gasteiger partial charge in [0.2, 0.25) is 0 Å². The van der Waals surface area contributed by atoms with Crippen LogP contribution in [0.2, 0.25) is 0 Å². The maximum atomic E-state index is 5.27. The molecule has 1 heterocycles. The highest BCUT2D eigenvalue weighted by molar-refractivity contribution is 9.13. The van der Waals surface area contributed by atoms with Crippen LogP contribution >= 0.6 is 43.2 Å². The average molecular weight is 343 g/mol. The van der Waals surface area contributed by atoms with Crippen molar-refractivity contribution in [2.75, 3.05) is 6.61 Å². The molecular weight excluding hydrogens is 330 g/mol. The van der Waals surface area contributed by atoms with Crippen molar-refractivity contribution in [2.24, 2.45) is 5.92 Å². The van der Waals surface area contributed by atoms with Crippen LogP contribution < -0.4 is 5.48 Å². The fraction of sp³-hybridized carbons (Fsp3) is 0.556. The van der Waals surface area contributed by atoms with E-state index in [1.165, 1.54) is 4.88 Å². The maximum absolute atomic E-state index is 5.27. The molecule has 0 aromatic carbocycles. The van der Waals surface area contributed by atoms with Crippen LogP contribution in [0, 0.1) is 5.92 Å². The second-order valence-electron chi connectivity index (χ2n) is 3.36. The van der Waals surface area contributed by atoms with Crippen molar-refractivity contribution in [3.05, 3.63) is 19.2 Å². The fourth-order valence-corrected chi connectivity index (χ4v) is 2.93. The Hall–Kier alpha value is 0.580. The quantitative estimate of drug-likeness (QED) is 0.646. The van der Waals surface area contributed by atoms with Gasteiger partial charge in [-0.3, -0.25) is 0 Å². The summed E-state index contributed by atoms with van der Waals surface area (Å²) in [6.07, 6.45) is 0. The smallest absolute Gasteiger partial charge is 0.0843 e. The Bertz CT molecular complexity index is 269. The number of thiophene rings is 1. The summed E-state index contributed by atoms with van der Waals surface area (Å²) in [5.41, 5.74) is 2.94. The molecule has 1 aromatic rings. The number of hydroxylamine groups is 1. The highest BCUT2D eigenvalue weighted by Gasteiger charge is 2.03. The first kappa shape index (κ1) is 12.6. The summed E-state index contributed by atoms with van der Waals surface area (Å²) >= 11 is 8.59. The van der Waals surface area contributed by atoms with Crippen LogP contribution in [0.4, 0.5) is 0 Å². The van der Waals surface area contributed by atoms with Gasteiger partial charge in [0.1, 0.15) is 0 Å². The summed E-state index contributed by atoms with van der Waals surface area (Å²) in [4.78, 5) is 6.52. The van der Waals surface area contributed by atoms with Crippen molar-refractivity contribution in [2.45, 2.75) is 20.4 Å². The van der Waals surface area contributed by atoms with Crippen molar-refractivity contribution in [1.29, 1.82) is 0 Å². The first-order valence-electron chi connectivity index (χ1n) is 4.38. The van der Waals surface area contributed by atoms with Crippen molar-refractivity contribution >= 4 is 43.2 Å². The van der Waals surface area contributed by atoms with E-state index in [-0.39, 0.29) is 0 Å². The molecule has 0 aliphatic heterocycles. The molecule has 1 rings (SSSR count). The Morgan fingerprint density at radius 2 is 2.21 bits per heavy atom. The maximum Gasteiger partial charge on any atom is 0.0843 e. The van der Waals surface area contributed by atoms with Crippen LogP contribution in [-0.2, 0) is 11.4 Å². The van der Waals surface area contributed by atoms with Crippen LogP contribution in [0.15, 0.2) is 14.3 Å². The molecule has 0 saturated heterocycles. The van der Waals surface area contributed by atoms with Gasteiger partial charge in [-0.25, -0.2) is 0 Å². The molecule has 5 heteroatoms. The van der Waals surface area contributed by atoms with Crippen LogP contribution in [0.1, 0.15) is 18.7 Å². The van der Waals surface area contributed by atoms with Crippen molar-refractivity contribution in [3.63, 3.8) is 0 Å². The third-order valence-corrected chi connectivity index (χ3v) is 4.72. The number of hydrogen-bond donors (Lipinski definition) is 1. The Kier molecular flexibility index (Phi) is 5.62. The molecular formula is C9H13Br2NOS. The molecule has 14 heavy (non-hydrogen) atoms. The first-order chi connectivity index (χ1) is 6.59. The summed E-state index contributed by atoms with van der Waals surface area (Å²) < 4.78 is 2.22. The molecule has 80 valence electrons. The largest absolute Gasteiger partial charge is 0.301 e. The Morgan fingerprint density at radius 1 is 1.50 bits per heavy atom. The molecule has 0 unspecified atom stereocenters. The second kappa shape index (κ2) is 6.23. The molecule has 0 aliphatic rings. The minimum absolute atomic E-state index is 0.560. The highest BCUT2D eigenvalue weighted by atomic mass is 79.9. The van der Waals surface area contributed by atoms with Gasteiger partial charge in [-0.05, 0) is 43.8 Å². The topological polar surface area (TPSA) is 21.3 Å². The zero-order chi connectivity index (χ0) is 10.6. The van der Waals surface area contributed by atoms with Crippen LogP contribution in [-0.4, -0.2) is 6.61 Å². The Balaban J connectivity index is 2.25. The predicted molar refractivity (Wildman–Crippen MR) is 67.3 cm³/mol. The van der Waals surface area contributed by atoms with Gasteiger partial charge in [0.15, 0.2) is 0 Å². The molecule has 1 aromatic heterocycles. The standard InChI is InChI=1S/C9H13Br2NOS/c1-6(2)5-13-12-4-7-3-8(10)9(11)14-7/h3,6,12H,4-5H2,1-2H3. The molecule has 0 saturated carbocycles. The molecule has 2 nitrogen and oxygen atoms in total. The normalized spacial score (nSPS) is 11.2. The van der Waals surface area contributed by atoms with E-state index >= 15 is 0 Å². The number of nitrogens with one attached hydrogen (secondary N) is 1. The SMILES string of the molecule is CC(C)CONCc1cc(Br)c(Br)s1. The first-order valence-corrected chi connectivity index (χ1v) is 6.78. The lowest BCUT2D eigenvalue weighted by molar-refractivity contribution is 0.0201. The van der Waals surface area contributed by atoms with Gasteiger partial charge in [-0.15, -0.1) is 11.3 Å². The van der Waals surface area contributed by atoms with Gasteiger partial charge in [0, 0.05) is 9.35 Å². The number of hydrogen-bond acceptors (Lipinski definition) is 3. The lowest BCUT2D eigenvalue weighted by Gasteiger charge is -2.06. The van der Waals surface area contributed by atoms with Crippen molar-refractivity contribution in [1.82, 2.24) is 5.48 Å². The van der Waals surface area contributed by atoms with E-state index in [0.717, 1.165) is 21.4 Å². The molecule has 0 bridgehead atoms. The van der Waals surface area contributed by atoms with E-state index in [1.807, 2.05) is 0 Å². The van der Waals surface area contributed by atoms with E-state index in [4.69, 9.17) is 4.84 Å². The van der Waals surface area contributed by atoms with E-state index in [9.17, 15) is 0 Å². The summed E-state index contributed by atoms with van der Waals surface area (Å²) in [5, 5.41) is 0. The van der Waals surface area contributed by atoms with E-state index in [0.29, 0.717) is 5.92 Å². The van der Waals surface area contributed by atoms with Gasteiger partial charge in [0.25, 0.3) is 0 Å². The van der Waals surface area contributed by atoms with Crippen LogP contribution in [0.25, 0.3) is 0 Å². The van der Waals surface area contributed by atoms with Crippen LogP contribution in [0.3, 0.4) is 0 Å². The minimum atomic E-state index is 0.560. The lowest BCUT2D eigenvalue weighted by Crippen LogP contribution is -2.16. The predicted octanol–water partition coefficient (Wildman–Crippen LogP) is 3.95. The molecule has 1 N–H and O–H groups in total. The molecule has 0 radical (unpaired) electrons. The summed E-state index contributed by atoms with van der Waals surface area (Å²) in [5.74, 6) is 0.560. The lowest BCUT2D eigenvalue weighted by atomic mass is 10.2. The summed E-state index contributed by atoms with van der Waals surface area (Å²) in [7, 11) is 0. The molecule has 0 aliphatic carbocycles. The van der Waals surface area contributed by atoms with E-state index in [2.05, 4.69) is 57.3 Å². The monoisotopic (exact) mass is 341 g/mol. The summed E-state index contributed by atoms with van der Waals surface area (Å²) in [6, 6.07) is 2.08. The van der Waals surface area contributed by atoms with Gasteiger partial charge < -0.3 is 4.84 Å². The van der Waals surface area contributed by atoms with Gasteiger partial charge in [-0.2, -0.15) is 5.48 Å². The van der Waals surface area contributed by atoms with Gasteiger partial charge >= 0.3 is 0 Å². The molecule has 0 fully saturated rings. The second-order valence-corrected chi connectivity index (χ2v) is 6.67. The van der Waals surface area contributed by atoms with E-state index in [1.54, 1.807) is 11.3 Å². The van der Waals surface area contributed by atoms with Crippen LogP contribution in [0.5, 0.6) is 0 Å². The molecule has 0 atom stereocenters. The minimum Gasteiger partial charge on any atom is -0.301 e. The Labute approximate surface area is 105 Å².